The van der Waals surface area contributed by atoms with Gasteiger partial charge >= 0.3 is 11.9 Å². The van der Waals surface area contributed by atoms with E-state index in [1.807, 2.05) is 6.07 Å². The molecular weight excluding hydrogens is 448 g/mol. The normalized spacial score (nSPS) is 12.3. The first kappa shape index (κ1) is 30.1. The zero-order chi connectivity index (χ0) is 25.9. The van der Waals surface area contributed by atoms with Crippen LogP contribution >= 0.6 is 0 Å². The number of nitrogens with one attached hydrogen (secondary N) is 2. The van der Waals surface area contributed by atoms with Crippen LogP contribution in [0.25, 0.3) is 0 Å². The Morgan fingerprint density at radius 1 is 0.771 bits per heavy atom. The van der Waals surface area contributed by atoms with Crippen LogP contribution in [0.1, 0.15) is 95.6 Å². The summed E-state index contributed by atoms with van der Waals surface area (Å²) in [7, 11) is 2.46. The molecule has 35 heavy (non-hydrogen) atoms. The predicted molar refractivity (Wildman–Crippen MR) is 134 cm³/mol. The summed E-state index contributed by atoms with van der Waals surface area (Å²) < 4.78 is 9.38. The Labute approximate surface area is 209 Å². The third-order valence-electron chi connectivity index (χ3n) is 5.87. The lowest BCUT2D eigenvalue weighted by Gasteiger charge is -2.22. The summed E-state index contributed by atoms with van der Waals surface area (Å²) in [6, 6.07) is 6.85. The van der Waals surface area contributed by atoms with Gasteiger partial charge in [-0.05, 0) is 18.4 Å². The second-order valence-electron chi connectivity index (χ2n) is 8.69. The molecule has 0 aromatic heterocycles. The molecule has 0 unspecified atom stereocenters. The van der Waals surface area contributed by atoms with Crippen LogP contribution in [0.5, 0.6) is 0 Å². The second-order valence-corrected chi connectivity index (χ2v) is 8.69. The predicted octanol–water partition coefficient (Wildman–Crippen LogP) is 4.38. The van der Waals surface area contributed by atoms with Crippen molar-refractivity contribution in [1.29, 1.82) is 0 Å². The largest absolute Gasteiger partial charge is 0.469 e. The molecule has 0 aliphatic heterocycles. The van der Waals surface area contributed by atoms with Gasteiger partial charge in [0, 0.05) is 12.8 Å². The van der Waals surface area contributed by atoms with Crippen LogP contribution in [0.3, 0.4) is 0 Å². The van der Waals surface area contributed by atoms with Crippen LogP contribution in [0.4, 0.5) is 0 Å². The molecule has 2 N–H and O–H groups in total. The highest BCUT2D eigenvalue weighted by atomic mass is 16.5. The van der Waals surface area contributed by atoms with Gasteiger partial charge in [-0.25, -0.2) is 4.79 Å². The Bertz CT molecular complexity index is 768. The van der Waals surface area contributed by atoms with E-state index in [2.05, 4.69) is 22.3 Å². The van der Waals surface area contributed by atoms with Crippen molar-refractivity contribution < 1.29 is 28.7 Å². The lowest BCUT2D eigenvalue weighted by Crippen LogP contribution is -2.47. The fraction of sp³-hybridized carbons (Fsp3) is 0.630. The van der Waals surface area contributed by atoms with Gasteiger partial charge in [-0.1, -0.05) is 88.6 Å². The Kier molecular flexibility index (Phi) is 15.9. The van der Waals surface area contributed by atoms with Crippen LogP contribution in [-0.2, 0) is 28.7 Å². The SMILES string of the molecule is CCCCCCCCCCCC(=O)N[C@@H](C(=O)N[C@@H](CCC(=O)OC)C(=O)OC)c1ccccc1. The maximum Gasteiger partial charge on any atom is 0.328 e. The van der Waals surface area contributed by atoms with E-state index in [0.717, 1.165) is 19.3 Å². The summed E-state index contributed by atoms with van der Waals surface area (Å²) in [5.41, 5.74) is 0.599. The quantitative estimate of drug-likeness (QED) is 0.233. The van der Waals surface area contributed by atoms with Gasteiger partial charge in [-0.2, -0.15) is 0 Å². The van der Waals surface area contributed by atoms with Crippen LogP contribution in [0.15, 0.2) is 30.3 Å². The third kappa shape index (κ3) is 12.9. The fourth-order valence-electron chi connectivity index (χ4n) is 3.79. The second kappa shape index (κ2) is 18.4. The molecule has 1 aromatic carbocycles. The number of esters is 2. The molecule has 0 saturated carbocycles. The van der Waals surface area contributed by atoms with Gasteiger partial charge in [0.15, 0.2) is 0 Å². The highest BCUT2D eigenvalue weighted by molar-refractivity contribution is 5.91. The van der Waals surface area contributed by atoms with Crippen molar-refractivity contribution in [2.24, 2.45) is 0 Å². The molecule has 1 rings (SSSR count). The van der Waals surface area contributed by atoms with Crippen molar-refractivity contribution in [3.63, 3.8) is 0 Å². The molecule has 2 amide bonds. The topological polar surface area (TPSA) is 111 Å². The number of carbonyl (C=O) groups excluding carboxylic acids is 4. The summed E-state index contributed by atoms with van der Waals surface area (Å²) >= 11 is 0. The van der Waals surface area contributed by atoms with Crippen LogP contribution < -0.4 is 10.6 Å². The number of hydrogen-bond acceptors (Lipinski definition) is 6. The first-order valence-electron chi connectivity index (χ1n) is 12.7. The highest BCUT2D eigenvalue weighted by Crippen LogP contribution is 2.16. The van der Waals surface area contributed by atoms with Gasteiger partial charge < -0.3 is 20.1 Å². The minimum absolute atomic E-state index is 0.0268. The summed E-state index contributed by atoms with van der Waals surface area (Å²) in [5, 5.41) is 5.42. The van der Waals surface area contributed by atoms with Gasteiger partial charge in [0.1, 0.15) is 12.1 Å². The summed E-state index contributed by atoms with van der Waals surface area (Å²) in [6.45, 7) is 2.21. The van der Waals surface area contributed by atoms with Gasteiger partial charge in [-0.3, -0.25) is 14.4 Å². The minimum Gasteiger partial charge on any atom is -0.469 e. The molecule has 0 bridgehead atoms. The number of carbonyl (C=O) groups is 4. The first-order valence-corrected chi connectivity index (χ1v) is 12.7. The van der Waals surface area contributed by atoms with Gasteiger partial charge in [0.05, 0.1) is 14.2 Å². The first-order chi connectivity index (χ1) is 16.9. The molecule has 0 aliphatic carbocycles. The molecule has 1 aromatic rings. The van der Waals surface area contributed by atoms with Crippen LogP contribution in [0.2, 0.25) is 0 Å². The van der Waals surface area contributed by atoms with E-state index in [9.17, 15) is 19.2 Å². The number of benzene rings is 1. The molecule has 0 heterocycles. The number of rotatable bonds is 18. The van der Waals surface area contributed by atoms with Gasteiger partial charge in [0.25, 0.3) is 0 Å². The minimum atomic E-state index is -1.04. The summed E-state index contributed by atoms with van der Waals surface area (Å²) in [5.74, 6) is -1.94. The Morgan fingerprint density at radius 3 is 1.94 bits per heavy atom. The number of unbranched alkanes of at least 4 members (excludes halogenated alkanes) is 8. The molecule has 0 saturated heterocycles. The van der Waals surface area contributed by atoms with Crippen molar-refractivity contribution in [3.8, 4) is 0 Å². The zero-order valence-corrected chi connectivity index (χ0v) is 21.5. The van der Waals surface area contributed by atoms with E-state index >= 15 is 0 Å². The highest BCUT2D eigenvalue weighted by Gasteiger charge is 2.28. The molecule has 0 spiro atoms. The summed E-state index contributed by atoms with van der Waals surface area (Å²) in [6.07, 6.45) is 10.6. The Balaban J connectivity index is 2.65. The van der Waals surface area contributed by atoms with Crippen LogP contribution in [0, 0.1) is 0 Å². The average molecular weight is 491 g/mol. The standard InChI is InChI=1S/C27H42N2O6/c1-4-5-6-7-8-9-10-11-15-18-23(30)29-25(21-16-13-12-14-17-21)26(32)28-22(27(33)35-3)19-20-24(31)34-2/h12-14,16-17,22,25H,4-11,15,18-20H2,1-3H3,(H,28,32)(H,29,30)/t22-,25+/m0/s1. The van der Waals surface area contributed by atoms with Crippen LogP contribution in [-0.4, -0.2) is 44.0 Å². The van der Waals surface area contributed by atoms with Gasteiger partial charge in [0.2, 0.25) is 11.8 Å². The third-order valence-corrected chi connectivity index (χ3v) is 5.87. The number of ether oxygens (including phenoxy) is 2. The van der Waals surface area contributed by atoms with E-state index in [4.69, 9.17) is 4.74 Å². The maximum absolute atomic E-state index is 13.1. The van der Waals surface area contributed by atoms with E-state index in [1.165, 1.54) is 52.7 Å². The van der Waals surface area contributed by atoms with E-state index in [0.29, 0.717) is 12.0 Å². The zero-order valence-electron chi connectivity index (χ0n) is 21.5. The number of methoxy groups -OCH3 is 2. The van der Waals surface area contributed by atoms with E-state index in [-0.39, 0.29) is 18.7 Å². The fourth-order valence-corrected chi connectivity index (χ4v) is 3.79. The van der Waals surface area contributed by atoms with Gasteiger partial charge in [-0.15, -0.1) is 0 Å². The molecule has 8 nitrogen and oxygen atoms in total. The molecule has 2 atom stereocenters. The molecule has 0 radical (unpaired) electrons. The number of hydrogen-bond donors (Lipinski definition) is 2. The number of amides is 2. The van der Waals surface area contributed by atoms with Crippen molar-refractivity contribution >= 4 is 23.8 Å². The molecule has 196 valence electrons. The maximum atomic E-state index is 13.1. The Morgan fingerprint density at radius 2 is 1.37 bits per heavy atom. The monoisotopic (exact) mass is 490 g/mol. The van der Waals surface area contributed by atoms with E-state index < -0.39 is 29.9 Å². The van der Waals surface area contributed by atoms with Crippen molar-refractivity contribution in [3.05, 3.63) is 35.9 Å². The lowest BCUT2D eigenvalue weighted by molar-refractivity contribution is -0.146. The summed E-state index contributed by atoms with van der Waals surface area (Å²) in [4.78, 5) is 49.4. The molecule has 8 heteroatoms. The molecular formula is C27H42N2O6. The van der Waals surface area contributed by atoms with Crippen molar-refractivity contribution in [2.45, 2.75) is 96.1 Å². The average Bonchev–Trinajstić information content (AvgIpc) is 2.88. The van der Waals surface area contributed by atoms with Crippen molar-refractivity contribution in [1.82, 2.24) is 10.6 Å². The smallest absolute Gasteiger partial charge is 0.328 e. The molecule has 0 fully saturated rings. The van der Waals surface area contributed by atoms with Crippen molar-refractivity contribution in [2.75, 3.05) is 14.2 Å². The Hall–Kier alpha value is -2.90. The molecule has 0 aliphatic rings. The lowest BCUT2D eigenvalue weighted by atomic mass is 10.0. The van der Waals surface area contributed by atoms with E-state index in [1.54, 1.807) is 24.3 Å².